The fourth-order valence-electron chi connectivity index (χ4n) is 4.15. The normalized spacial score (nSPS) is 21.3. The van der Waals surface area contributed by atoms with Crippen LogP contribution in [0.1, 0.15) is 23.6 Å². The first-order chi connectivity index (χ1) is 15.5. The Morgan fingerprint density at radius 1 is 1.03 bits per heavy atom. The zero-order valence-corrected chi connectivity index (χ0v) is 19.1. The molecular formula is C24H24BrFN2O4. The molecule has 2 saturated heterocycles. The standard InChI is InChI=1S/C24H24BrFN2O4/c25-18-6-2-16(3-7-18)21-20(22(29)17-4-8-19(26)9-5-17)23(30)24(31)28(21)11-1-10-27-12-14-32-15-13-27/h2-9,21,29H,1,10-15H2/b22-20+/t21-/m0/s1. The number of rotatable bonds is 6. The maximum absolute atomic E-state index is 13.4. The van der Waals surface area contributed by atoms with Gasteiger partial charge in [-0.1, -0.05) is 28.1 Å². The molecule has 2 aliphatic heterocycles. The Morgan fingerprint density at radius 2 is 1.69 bits per heavy atom. The summed E-state index contributed by atoms with van der Waals surface area (Å²) < 4.78 is 19.6. The van der Waals surface area contributed by atoms with Crippen LogP contribution in [-0.4, -0.2) is 66.0 Å². The number of benzene rings is 2. The Hall–Kier alpha value is -2.55. The highest BCUT2D eigenvalue weighted by molar-refractivity contribution is 9.10. The molecule has 8 heteroatoms. The number of amides is 1. The van der Waals surface area contributed by atoms with Gasteiger partial charge in [0.15, 0.2) is 0 Å². The molecule has 2 fully saturated rings. The van der Waals surface area contributed by atoms with Gasteiger partial charge in [-0.3, -0.25) is 14.5 Å². The molecule has 32 heavy (non-hydrogen) atoms. The van der Waals surface area contributed by atoms with Crippen molar-refractivity contribution in [2.24, 2.45) is 0 Å². The zero-order chi connectivity index (χ0) is 22.7. The van der Waals surface area contributed by atoms with Crippen LogP contribution in [0.3, 0.4) is 0 Å². The summed E-state index contributed by atoms with van der Waals surface area (Å²) in [5, 5.41) is 11.0. The summed E-state index contributed by atoms with van der Waals surface area (Å²) in [6.45, 7) is 4.25. The van der Waals surface area contributed by atoms with Gasteiger partial charge in [0, 0.05) is 36.2 Å². The van der Waals surface area contributed by atoms with Gasteiger partial charge in [0.25, 0.3) is 11.7 Å². The van der Waals surface area contributed by atoms with Gasteiger partial charge in [0.2, 0.25) is 0 Å². The number of aliphatic hydroxyl groups is 1. The molecule has 2 aromatic carbocycles. The Balaban J connectivity index is 1.66. The van der Waals surface area contributed by atoms with E-state index in [0.717, 1.165) is 29.7 Å². The predicted octanol–water partition coefficient (Wildman–Crippen LogP) is 3.73. The van der Waals surface area contributed by atoms with Gasteiger partial charge in [-0.2, -0.15) is 0 Å². The summed E-state index contributed by atoms with van der Waals surface area (Å²) in [5.74, 6) is -2.11. The smallest absolute Gasteiger partial charge is 0.295 e. The van der Waals surface area contributed by atoms with Crippen LogP contribution in [0.25, 0.3) is 5.76 Å². The molecular weight excluding hydrogens is 479 g/mol. The highest BCUT2D eigenvalue weighted by Crippen LogP contribution is 2.39. The van der Waals surface area contributed by atoms with Gasteiger partial charge < -0.3 is 14.7 Å². The van der Waals surface area contributed by atoms with Crippen molar-refractivity contribution in [2.45, 2.75) is 12.5 Å². The average molecular weight is 503 g/mol. The number of nitrogens with zero attached hydrogens (tertiary/aromatic N) is 2. The van der Waals surface area contributed by atoms with E-state index in [1.807, 2.05) is 24.3 Å². The molecule has 168 valence electrons. The van der Waals surface area contributed by atoms with Crippen molar-refractivity contribution >= 4 is 33.4 Å². The number of ether oxygens (including phenoxy) is 1. The van der Waals surface area contributed by atoms with Crippen molar-refractivity contribution in [3.8, 4) is 0 Å². The third kappa shape index (κ3) is 4.77. The maximum Gasteiger partial charge on any atom is 0.295 e. The lowest BCUT2D eigenvalue weighted by atomic mass is 9.95. The molecule has 1 amide bonds. The van der Waals surface area contributed by atoms with Gasteiger partial charge in [-0.15, -0.1) is 0 Å². The number of halogens is 2. The second kappa shape index (κ2) is 9.94. The molecule has 4 rings (SSSR count). The second-order valence-electron chi connectivity index (χ2n) is 7.86. The van der Waals surface area contributed by atoms with E-state index in [4.69, 9.17) is 4.74 Å². The highest BCUT2D eigenvalue weighted by Gasteiger charge is 2.45. The fourth-order valence-corrected chi connectivity index (χ4v) is 4.42. The van der Waals surface area contributed by atoms with Gasteiger partial charge in [-0.25, -0.2) is 4.39 Å². The lowest BCUT2D eigenvalue weighted by Crippen LogP contribution is -2.38. The Bertz CT molecular complexity index is 1020. The van der Waals surface area contributed by atoms with E-state index >= 15 is 0 Å². The summed E-state index contributed by atoms with van der Waals surface area (Å²) >= 11 is 3.41. The van der Waals surface area contributed by atoms with Crippen LogP contribution >= 0.6 is 15.9 Å². The molecule has 0 saturated carbocycles. The highest BCUT2D eigenvalue weighted by atomic mass is 79.9. The number of ketones is 1. The first-order valence-electron chi connectivity index (χ1n) is 10.6. The van der Waals surface area contributed by atoms with Crippen LogP contribution < -0.4 is 0 Å². The fraction of sp³-hybridized carbons (Fsp3) is 0.333. The third-order valence-electron chi connectivity index (χ3n) is 5.82. The maximum atomic E-state index is 13.4. The van der Waals surface area contributed by atoms with Crippen molar-refractivity contribution in [3.05, 3.63) is 75.5 Å². The quantitative estimate of drug-likeness (QED) is 0.370. The first-order valence-corrected chi connectivity index (χ1v) is 11.3. The van der Waals surface area contributed by atoms with Crippen LogP contribution in [0.15, 0.2) is 58.6 Å². The third-order valence-corrected chi connectivity index (χ3v) is 6.35. The molecule has 2 aliphatic rings. The van der Waals surface area contributed by atoms with Crippen LogP contribution in [0, 0.1) is 5.82 Å². The molecule has 1 atom stereocenters. The van der Waals surface area contributed by atoms with Crippen LogP contribution in [0.4, 0.5) is 4.39 Å². The van der Waals surface area contributed by atoms with Crippen LogP contribution in [0.5, 0.6) is 0 Å². The molecule has 0 radical (unpaired) electrons. The van der Waals surface area contributed by atoms with Gasteiger partial charge in [-0.05, 0) is 48.4 Å². The summed E-state index contributed by atoms with van der Waals surface area (Å²) in [4.78, 5) is 29.8. The number of Topliss-reactive ketones (excluding diaryl/α,β-unsaturated/α-hetero) is 1. The molecule has 0 unspecified atom stereocenters. The van der Waals surface area contributed by atoms with E-state index in [2.05, 4.69) is 20.8 Å². The zero-order valence-electron chi connectivity index (χ0n) is 17.5. The van der Waals surface area contributed by atoms with Crippen LogP contribution in [0.2, 0.25) is 0 Å². The minimum absolute atomic E-state index is 0.0234. The summed E-state index contributed by atoms with van der Waals surface area (Å²) in [5.41, 5.74) is 1.04. The topological polar surface area (TPSA) is 70.1 Å². The minimum Gasteiger partial charge on any atom is -0.507 e. The lowest BCUT2D eigenvalue weighted by Gasteiger charge is -2.29. The van der Waals surface area contributed by atoms with Crippen molar-refractivity contribution in [2.75, 3.05) is 39.4 Å². The average Bonchev–Trinajstić information content (AvgIpc) is 3.05. The minimum atomic E-state index is -0.730. The Labute approximate surface area is 194 Å². The lowest BCUT2D eigenvalue weighted by molar-refractivity contribution is -0.140. The molecule has 1 N–H and O–H groups in total. The Kier molecular flexibility index (Phi) is 7.03. The van der Waals surface area contributed by atoms with Crippen molar-refractivity contribution in [1.82, 2.24) is 9.80 Å². The Morgan fingerprint density at radius 3 is 2.34 bits per heavy atom. The molecule has 2 aromatic rings. The van der Waals surface area contributed by atoms with Gasteiger partial charge >= 0.3 is 0 Å². The van der Waals surface area contributed by atoms with Gasteiger partial charge in [0.1, 0.15) is 11.6 Å². The molecule has 2 heterocycles. The SMILES string of the molecule is O=C1C(=O)N(CCCN2CCOCC2)[C@@H](c2ccc(Br)cc2)/C1=C(\O)c1ccc(F)cc1. The summed E-state index contributed by atoms with van der Waals surface area (Å²) in [7, 11) is 0. The molecule has 0 spiro atoms. The molecule has 0 bridgehead atoms. The van der Waals surface area contributed by atoms with Crippen molar-refractivity contribution in [3.63, 3.8) is 0 Å². The van der Waals surface area contributed by atoms with E-state index in [9.17, 15) is 19.1 Å². The molecule has 6 nitrogen and oxygen atoms in total. The largest absolute Gasteiger partial charge is 0.507 e. The summed E-state index contributed by atoms with van der Waals surface area (Å²) in [6, 6.07) is 11.8. The number of morpholine rings is 1. The van der Waals surface area contributed by atoms with Crippen molar-refractivity contribution in [1.29, 1.82) is 0 Å². The number of carbonyl (C=O) groups excluding carboxylic acids is 2. The summed E-state index contributed by atoms with van der Waals surface area (Å²) in [6.07, 6.45) is 0.691. The number of carbonyl (C=O) groups is 2. The first kappa shape index (κ1) is 22.6. The second-order valence-corrected chi connectivity index (χ2v) is 8.77. The predicted molar refractivity (Wildman–Crippen MR) is 121 cm³/mol. The number of hydrogen-bond donors (Lipinski definition) is 1. The molecule has 0 aliphatic carbocycles. The number of likely N-dealkylation sites (tertiary alicyclic amines) is 1. The van der Waals surface area contributed by atoms with E-state index in [1.165, 1.54) is 29.2 Å². The van der Waals surface area contributed by atoms with E-state index in [-0.39, 0.29) is 11.3 Å². The van der Waals surface area contributed by atoms with Crippen LogP contribution in [-0.2, 0) is 14.3 Å². The van der Waals surface area contributed by atoms with E-state index in [0.29, 0.717) is 31.7 Å². The monoisotopic (exact) mass is 502 g/mol. The number of hydrogen-bond acceptors (Lipinski definition) is 5. The van der Waals surface area contributed by atoms with Gasteiger partial charge in [0.05, 0.1) is 24.8 Å². The molecule has 0 aromatic heterocycles. The van der Waals surface area contributed by atoms with E-state index < -0.39 is 23.5 Å². The van der Waals surface area contributed by atoms with Crippen molar-refractivity contribution < 1.29 is 23.8 Å². The van der Waals surface area contributed by atoms with E-state index in [1.54, 1.807) is 0 Å². The number of aliphatic hydroxyl groups excluding tert-OH is 1.